The molecule has 3 nitrogen and oxygen atoms in total. The van der Waals surface area contributed by atoms with E-state index in [1.165, 1.54) is 31.2 Å². The highest BCUT2D eigenvalue weighted by atomic mass is 15.1. The lowest BCUT2D eigenvalue weighted by atomic mass is 9.86. The molecule has 25 heavy (non-hydrogen) atoms. The van der Waals surface area contributed by atoms with Crippen molar-refractivity contribution in [2.75, 3.05) is 5.32 Å². The van der Waals surface area contributed by atoms with Crippen molar-refractivity contribution >= 4 is 16.7 Å². The Bertz CT molecular complexity index is 887. The molecule has 1 fully saturated rings. The third-order valence-electron chi connectivity index (χ3n) is 5.31. The van der Waals surface area contributed by atoms with Crippen LogP contribution in [-0.4, -0.2) is 16.0 Å². The summed E-state index contributed by atoms with van der Waals surface area (Å²) >= 11 is 0. The molecule has 0 radical (unpaired) electrons. The molecule has 0 aliphatic heterocycles. The van der Waals surface area contributed by atoms with Gasteiger partial charge in [0.2, 0.25) is 0 Å². The maximum absolute atomic E-state index is 4.92. The summed E-state index contributed by atoms with van der Waals surface area (Å²) in [4.78, 5) is 9.73. The van der Waals surface area contributed by atoms with Gasteiger partial charge in [-0.05, 0) is 43.9 Å². The average Bonchev–Trinajstić information content (AvgIpc) is 2.63. The summed E-state index contributed by atoms with van der Waals surface area (Å²) in [6, 6.07) is 17.2. The first-order valence-electron chi connectivity index (χ1n) is 9.31. The summed E-state index contributed by atoms with van der Waals surface area (Å²) in [6.45, 7) is 4.45. The SMILES string of the molecule is Cc1cccc(-c2nc(NC3CCCCC3C)c3ccccc3n2)c1. The van der Waals surface area contributed by atoms with Crippen LogP contribution in [-0.2, 0) is 0 Å². The fraction of sp³-hybridized carbons (Fsp3) is 0.364. The standard InChI is InChI=1S/C22H25N3/c1-15-8-7-10-17(14-15)21-24-20-13-6-4-11-18(20)22(25-21)23-19-12-5-3-9-16(19)2/h4,6-8,10-11,13-14,16,19H,3,5,9,12H2,1-2H3,(H,23,24,25). The molecular formula is C22H25N3. The Balaban J connectivity index is 1.78. The Morgan fingerprint density at radius 1 is 0.960 bits per heavy atom. The summed E-state index contributed by atoms with van der Waals surface area (Å²) in [6.07, 6.45) is 5.17. The van der Waals surface area contributed by atoms with Crippen molar-refractivity contribution in [3.63, 3.8) is 0 Å². The first-order chi connectivity index (χ1) is 12.2. The van der Waals surface area contributed by atoms with Gasteiger partial charge < -0.3 is 5.32 Å². The lowest BCUT2D eigenvalue weighted by Crippen LogP contribution is -2.30. The average molecular weight is 331 g/mol. The van der Waals surface area contributed by atoms with Gasteiger partial charge in [0, 0.05) is 17.0 Å². The molecule has 1 N–H and O–H groups in total. The van der Waals surface area contributed by atoms with E-state index in [-0.39, 0.29) is 0 Å². The maximum Gasteiger partial charge on any atom is 0.162 e. The summed E-state index contributed by atoms with van der Waals surface area (Å²) in [5.41, 5.74) is 3.30. The molecule has 2 aromatic carbocycles. The zero-order valence-electron chi connectivity index (χ0n) is 15.0. The zero-order chi connectivity index (χ0) is 17.2. The third-order valence-corrected chi connectivity index (χ3v) is 5.31. The van der Waals surface area contributed by atoms with E-state index >= 15 is 0 Å². The van der Waals surface area contributed by atoms with Gasteiger partial charge in [-0.25, -0.2) is 9.97 Å². The van der Waals surface area contributed by atoms with Gasteiger partial charge in [0.15, 0.2) is 5.82 Å². The predicted molar refractivity (Wildman–Crippen MR) is 105 cm³/mol. The maximum atomic E-state index is 4.92. The van der Waals surface area contributed by atoms with E-state index < -0.39 is 0 Å². The molecule has 1 aliphatic carbocycles. The van der Waals surface area contributed by atoms with Gasteiger partial charge in [-0.15, -0.1) is 0 Å². The summed E-state index contributed by atoms with van der Waals surface area (Å²) in [5, 5.41) is 4.86. The molecule has 0 spiro atoms. The molecule has 2 atom stereocenters. The van der Waals surface area contributed by atoms with Gasteiger partial charge in [-0.3, -0.25) is 0 Å². The molecule has 0 bridgehead atoms. The lowest BCUT2D eigenvalue weighted by molar-refractivity contribution is 0.349. The Morgan fingerprint density at radius 3 is 2.64 bits per heavy atom. The molecule has 3 aromatic rings. The van der Waals surface area contributed by atoms with Crippen LogP contribution >= 0.6 is 0 Å². The highest BCUT2D eigenvalue weighted by molar-refractivity contribution is 5.90. The second-order valence-corrected chi connectivity index (χ2v) is 7.30. The lowest BCUT2D eigenvalue weighted by Gasteiger charge is -2.30. The molecule has 0 saturated heterocycles. The van der Waals surface area contributed by atoms with Crippen molar-refractivity contribution in [2.24, 2.45) is 5.92 Å². The number of rotatable bonds is 3. The molecule has 128 valence electrons. The number of para-hydroxylation sites is 1. The molecule has 1 aliphatic rings. The van der Waals surface area contributed by atoms with Gasteiger partial charge >= 0.3 is 0 Å². The van der Waals surface area contributed by atoms with Crippen molar-refractivity contribution in [2.45, 2.75) is 45.6 Å². The molecule has 3 heteroatoms. The summed E-state index contributed by atoms with van der Waals surface area (Å²) in [7, 11) is 0. The van der Waals surface area contributed by atoms with E-state index in [4.69, 9.17) is 9.97 Å². The van der Waals surface area contributed by atoms with Crippen LogP contribution in [0.1, 0.15) is 38.2 Å². The fourth-order valence-electron chi connectivity index (χ4n) is 3.81. The molecular weight excluding hydrogens is 306 g/mol. The van der Waals surface area contributed by atoms with Gasteiger partial charge in [0.25, 0.3) is 0 Å². The molecule has 0 amide bonds. The van der Waals surface area contributed by atoms with E-state index in [1.54, 1.807) is 0 Å². The van der Waals surface area contributed by atoms with Crippen molar-refractivity contribution < 1.29 is 0 Å². The minimum atomic E-state index is 0.498. The van der Waals surface area contributed by atoms with Crippen molar-refractivity contribution in [1.29, 1.82) is 0 Å². The smallest absolute Gasteiger partial charge is 0.162 e. The number of benzene rings is 2. The number of anilines is 1. The normalized spacial score (nSPS) is 20.6. The van der Waals surface area contributed by atoms with Crippen LogP contribution in [0.3, 0.4) is 0 Å². The third kappa shape index (κ3) is 3.37. The van der Waals surface area contributed by atoms with E-state index in [0.717, 1.165) is 28.1 Å². The highest BCUT2D eigenvalue weighted by Crippen LogP contribution is 2.30. The van der Waals surface area contributed by atoms with Gasteiger partial charge in [-0.1, -0.05) is 55.7 Å². The quantitative estimate of drug-likeness (QED) is 0.679. The summed E-state index contributed by atoms with van der Waals surface area (Å²) < 4.78 is 0. The number of hydrogen-bond acceptors (Lipinski definition) is 3. The van der Waals surface area contributed by atoms with Crippen LogP contribution < -0.4 is 5.32 Å². The minimum absolute atomic E-state index is 0.498. The molecule has 4 rings (SSSR count). The highest BCUT2D eigenvalue weighted by Gasteiger charge is 2.22. The van der Waals surface area contributed by atoms with Crippen molar-refractivity contribution in [1.82, 2.24) is 9.97 Å². The Kier molecular flexibility index (Phi) is 4.39. The van der Waals surface area contributed by atoms with E-state index in [2.05, 4.69) is 61.6 Å². The molecule has 1 saturated carbocycles. The van der Waals surface area contributed by atoms with Crippen LogP contribution in [0.4, 0.5) is 5.82 Å². The first-order valence-corrected chi connectivity index (χ1v) is 9.31. The molecule has 2 unspecified atom stereocenters. The largest absolute Gasteiger partial charge is 0.366 e. The van der Waals surface area contributed by atoms with Crippen LogP contribution in [0.25, 0.3) is 22.3 Å². The van der Waals surface area contributed by atoms with Crippen LogP contribution in [0.15, 0.2) is 48.5 Å². The number of aromatic nitrogens is 2. The summed E-state index contributed by atoms with van der Waals surface area (Å²) in [5.74, 6) is 2.46. The number of hydrogen-bond donors (Lipinski definition) is 1. The van der Waals surface area contributed by atoms with Gasteiger partial charge in [0.05, 0.1) is 5.52 Å². The fourth-order valence-corrected chi connectivity index (χ4v) is 3.81. The Labute approximate surface area is 149 Å². The van der Waals surface area contributed by atoms with Crippen LogP contribution in [0.2, 0.25) is 0 Å². The first kappa shape index (κ1) is 16.1. The second kappa shape index (κ2) is 6.83. The van der Waals surface area contributed by atoms with Crippen molar-refractivity contribution in [3.05, 3.63) is 54.1 Å². The minimum Gasteiger partial charge on any atom is -0.366 e. The molecule has 1 aromatic heterocycles. The topological polar surface area (TPSA) is 37.8 Å². The van der Waals surface area contributed by atoms with E-state index in [0.29, 0.717) is 12.0 Å². The monoisotopic (exact) mass is 331 g/mol. The Morgan fingerprint density at radius 2 is 1.80 bits per heavy atom. The van der Waals surface area contributed by atoms with Crippen LogP contribution in [0, 0.1) is 12.8 Å². The van der Waals surface area contributed by atoms with E-state index in [1.807, 2.05) is 6.07 Å². The van der Waals surface area contributed by atoms with Crippen LogP contribution in [0.5, 0.6) is 0 Å². The van der Waals surface area contributed by atoms with Gasteiger partial charge in [0.1, 0.15) is 5.82 Å². The number of aryl methyl sites for hydroxylation is 1. The van der Waals surface area contributed by atoms with E-state index in [9.17, 15) is 0 Å². The predicted octanol–water partition coefficient (Wildman–Crippen LogP) is 5.60. The zero-order valence-corrected chi connectivity index (χ0v) is 15.0. The number of fused-ring (bicyclic) bond motifs is 1. The van der Waals surface area contributed by atoms with Gasteiger partial charge in [-0.2, -0.15) is 0 Å². The molecule has 1 heterocycles. The number of nitrogens with one attached hydrogen (secondary N) is 1. The number of nitrogens with zero attached hydrogens (tertiary/aromatic N) is 2. The second-order valence-electron chi connectivity index (χ2n) is 7.30. The Hall–Kier alpha value is -2.42. The van der Waals surface area contributed by atoms with Crippen molar-refractivity contribution in [3.8, 4) is 11.4 Å².